The summed E-state index contributed by atoms with van der Waals surface area (Å²) < 4.78 is 3.37. The van der Waals surface area contributed by atoms with Gasteiger partial charge in [0.2, 0.25) is 0 Å². The molecule has 220 valence electrons. The van der Waals surface area contributed by atoms with Crippen molar-refractivity contribution in [1.82, 2.24) is 0 Å². The molecule has 0 radical (unpaired) electrons. The Hall–Kier alpha value is -3.87. The van der Waals surface area contributed by atoms with Crippen LogP contribution in [0.5, 0.6) is 0 Å². The van der Waals surface area contributed by atoms with E-state index in [0.29, 0.717) is 0 Å². The van der Waals surface area contributed by atoms with E-state index in [1.54, 1.807) is 0 Å². The molecule has 0 nitrogen and oxygen atoms in total. The van der Waals surface area contributed by atoms with Gasteiger partial charge in [0.05, 0.1) is 0 Å². The van der Waals surface area contributed by atoms with Gasteiger partial charge in [-0.3, -0.25) is 0 Å². The normalized spacial score (nSPS) is 9.86. The summed E-state index contributed by atoms with van der Waals surface area (Å²) >= 11 is -1.85. The topological polar surface area (TPSA) is 0 Å². The molecule has 0 saturated carbocycles. The summed E-state index contributed by atoms with van der Waals surface area (Å²) in [4.78, 5) is 0. The van der Waals surface area contributed by atoms with Crippen molar-refractivity contribution in [1.29, 1.82) is 0 Å². The maximum absolute atomic E-state index is 5.13. The maximum Gasteiger partial charge on any atom is -0.0771 e. The van der Waals surface area contributed by atoms with E-state index in [9.17, 15) is 0 Å². The van der Waals surface area contributed by atoms with Crippen molar-refractivity contribution in [2.75, 3.05) is 0 Å². The first kappa shape index (κ1) is 33.0. The van der Waals surface area contributed by atoms with Gasteiger partial charge < -0.3 is 0 Å². The molecule has 0 aliphatic rings. The molecule has 0 aliphatic heterocycles. The fourth-order valence-corrected chi connectivity index (χ4v) is 4.81. The zero-order valence-electron chi connectivity index (χ0n) is 24.5. The van der Waals surface area contributed by atoms with Crippen molar-refractivity contribution >= 4 is 64.3 Å². The van der Waals surface area contributed by atoms with E-state index in [0.717, 1.165) is 11.1 Å². The predicted molar refractivity (Wildman–Crippen MR) is 195 cm³/mol. The summed E-state index contributed by atoms with van der Waals surface area (Å²) in [5.41, 5.74) is 2.20. The van der Waals surface area contributed by atoms with Crippen LogP contribution in [0.25, 0.3) is 43.1 Å². The van der Waals surface area contributed by atoms with Gasteiger partial charge in [0.1, 0.15) is 0 Å². The molecule has 3 heteroatoms. The van der Waals surface area contributed by atoms with Crippen LogP contribution in [0.15, 0.2) is 170 Å². The molecule has 0 fully saturated rings. The Morgan fingerprint density at radius 1 is 0.455 bits per heavy atom. The second-order valence-corrected chi connectivity index (χ2v) is 18.1. The van der Waals surface area contributed by atoms with Gasteiger partial charge in [-0.2, -0.15) is 55.3 Å². The molecule has 0 saturated heterocycles. The molecule has 0 aliphatic carbocycles. The Balaban J connectivity index is 0.000000133. The molecule has 8 rings (SSSR count). The van der Waals surface area contributed by atoms with E-state index < -0.39 is 18.9 Å². The van der Waals surface area contributed by atoms with Gasteiger partial charge in [0.25, 0.3) is 0 Å². The summed E-state index contributed by atoms with van der Waals surface area (Å²) in [5, 5.41) is 10.4. The molecule has 0 heterocycles. The average Bonchev–Trinajstić information content (AvgIpc) is 3.75. The number of hydrogen-bond acceptors (Lipinski definition) is 0. The van der Waals surface area contributed by atoms with Gasteiger partial charge >= 0.3 is 40.1 Å². The predicted octanol–water partition coefficient (Wildman–Crippen LogP) is 12.5. The summed E-state index contributed by atoms with van der Waals surface area (Å²) in [6, 6.07) is 58.2. The number of fused-ring (bicyclic) bond motifs is 5. The SMILES string of the molecule is [CH2-]c1cccc2ccccc12.[CH2-]c1cccc2ccccc12.[CH2]=[Zr]([Cl])[Cl].c1cc[cH-]c1.c1ccc2c(c1)[cH-]c1ccccc12. The molecule has 8 aromatic rings. The Morgan fingerprint density at radius 3 is 1.16 bits per heavy atom. The van der Waals surface area contributed by atoms with Crippen LogP contribution in [0, 0.1) is 13.8 Å². The van der Waals surface area contributed by atoms with Crippen molar-refractivity contribution in [2.24, 2.45) is 0 Å². The molecule has 0 aromatic heterocycles. The largest absolute Gasteiger partial charge is 0.214 e. The van der Waals surface area contributed by atoms with Gasteiger partial charge in [0, 0.05) is 0 Å². The third kappa shape index (κ3) is 9.83. The van der Waals surface area contributed by atoms with Crippen molar-refractivity contribution in [3.05, 3.63) is 195 Å². The fourth-order valence-electron chi connectivity index (χ4n) is 4.81. The number of hydrogen-bond donors (Lipinski definition) is 0. The molecule has 0 N–H and O–H groups in total. The molecule has 0 spiro atoms. The summed E-state index contributed by atoms with van der Waals surface area (Å²) in [7, 11) is 10.3. The van der Waals surface area contributed by atoms with Crippen LogP contribution in [0.4, 0.5) is 0 Å². The van der Waals surface area contributed by atoms with E-state index >= 15 is 0 Å². The number of benzene rings is 6. The van der Waals surface area contributed by atoms with Crippen molar-refractivity contribution < 1.29 is 18.9 Å². The Morgan fingerprint density at radius 2 is 0.795 bits per heavy atom. The van der Waals surface area contributed by atoms with E-state index in [1.165, 1.54) is 43.1 Å². The second-order valence-electron chi connectivity index (χ2n) is 9.90. The molecule has 0 amide bonds. The Labute approximate surface area is 276 Å². The van der Waals surface area contributed by atoms with Gasteiger partial charge in [-0.15, -0.1) is 74.8 Å². The molecule has 0 atom stereocenters. The summed E-state index contributed by atoms with van der Waals surface area (Å²) in [6.07, 6.45) is 0. The van der Waals surface area contributed by atoms with Gasteiger partial charge in [-0.25, -0.2) is 12.1 Å². The van der Waals surface area contributed by atoms with E-state index in [-0.39, 0.29) is 0 Å². The minimum absolute atomic E-state index is 1.10. The molecule has 8 aromatic carbocycles. The molecular weight excluding hydrogens is 655 g/mol. The van der Waals surface area contributed by atoms with Crippen LogP contribution in [0.2, 0.25) is 0 Å². The first-order valence-corrected chi connectivity index (χ1v) is 22.3. The zero-order chi connectivity index (χ0) is 31.1. The van der Waals surface area contributed by atoms with Crippen molar-refractivity contribution in [2.45, 2.75) is 0 Å². The summed E-state index contributed by atoms with van der Waals surface area (Å²) in [5.74, 6) is 0. The van der Waals surface area contributed by atoms with Crippen molar-refractivity contribution in [3.8, 4) is 0 Å². The fraction of sp³-hybridized carbons (Fsp3) is 0. The van der Waals surface area contributed by atoms with Gasteiger partial charge in [-0.05, 0) is 0 Å². The van der Waals surface area contributed by atoms with Gasteiger partial charge in [0.15, 0.2) is 0 Å². The van der Waals surface area contributed by atoms with Crippen molar-refractivity contribution in [3.63, 3.8) is 0 Å². The van der Waals surface area contributed by atoms with Crippen LogP contribution in [0.3, 0.4) is 0 Å². The zero-order valence-corrected chi connectivity index (χ0v) is 28.5. The molecule has 0 bridgehead atoms. The molecule has 0 unspecified atom stereocenters. The van der Waals surface area contributed by atoms with E-state index in [4.69, 9.17) is 17.0 Å². The maximum atomic E-state index is 5.13. The van der Waals surface area contributed by atoms with Crippen LogP contribution in [-0.2, 0) is 18.9 Å². The molecular formula is C41H34Cl2Zr-4. The minimum atomic E-state index is -1.85. The number of halogens is 2. The van der Waals surface area contributed by atoms with Crippen LogP contribution < -0.4 is 0 Å². The Kier molecular flexibility index (Phi) is 13.1. The third-order valence-electron chi connectivity index (χ3n) is 6.84. The van der Waals surface area contributed by atoms with Gasteiger partial charge in [-0.1, -0.05) is 95.7 Å². The minimum Gasteiger partial charge on any atom is -0.214 e. The Bertz CT molecular complexity index is 1870. The first-order valence-electron chi connectivity index (χ1n) is 14.2. The first-order chi connectivity index (χ1) is 21.4. The van der Waals surface area contributed by atoms with Crippen LogP contribution >= 0.6 is 17.0 Å². The monoisotopic (exact) mass is 686 g/mol. The van der Waals surface area contributed by atoms with Crippen LogP contribution in [-0.4, -0.2) is 4.21 Å². The quantitative estimate of drug-likeness (QED) is 0.139. The van der Waals surface area contributed by atoms with E-state index in [2.05, 4.69) is 109 Å². The second kappa shape index (κ2) is 17.4. The average molecular weight is 689 g/mol. The molecule has 44 heavy (non-hydrogen) atoms. The number of rotatable bonds is 0. The third-order valence-corrected chi connectivity index (χ3v) is 6.84. The standard InChI is InChI=1S/C13H9.2C11H9.C5H5.CH2.2ClH.Zr/c1-3-7-12-10(5-1)9-11-6-2-4-8-13(11)12;2*1-9-5-4-7-10-6-2-3-8-11(9)10;1-2-4-5-3-1;;;;/h1-9H;2*2-8H,1H2;1-5H;1H2;2*1H;/q4*-1;;;;+2/p-2. The van der Waals surface area contributed by atoms with Crippen LogP contribution in [0.1, 0.15) is 11.1 Å². The smallest absolute Gasteiger partial charge is 0.0771 e. The van der Waals surface area contributed by atoms with E-state index in [1.807, 2.05) is 78.9 Å². The summed E-state index contributed by atoms with van der Waals surface area (Å²) in [6.45, 7) is 7.90.